The molecular formula is C10H11Br2F3N2. The number of nitrogens with zero attached hydrogens (tertiary/aromatic N) is 2. The molecule has 0 bridgehead atoms. The van der Waals surface area contributed by atoms with Gasteiger partial charge in [0.2, 0.25) is 0 Å². The molecule has 1 heterocycles. The van der Waals surface area contributed by atoms with E-state index in [1.807, 2.05) is 6.92 Å². The molecule has 96 valence electrons. The van der Waals surface area contributed by atoms with Crippen LogP contribution in [-0.4, -0.2) is 29.6 Å². The Kier molecular flexibility index (Phi) is 5.24. The Bertz CT molecular complexity index is 382. The topological polar surface area (TPSA) is 16.1 Å². The van der Waals surface area contributed by atoms with Crippen molar-refractivity contribution in [3.63, 3.8) is 0 Å². The summed E-state index contributed by atoms with van der Waals surface area (Å²) in [7, 11) is 0. The molecule has 0 aliphatic rings. The van der Waals surface area contributed by atoms with Gasteiger partial charge in [0.1, 0.15) is 12.4 Å². The van der Waals surface area contributed by atoms with E-state index in [2.05, 4.69) is 36.8 Å². The third-order valence-electron chi connectivity index (χ3n) is 2.08. The third-order valence-corrected chi connectivity index (χ3v) is 3.27. The third kappa shape index (κ3) is 4.83. The van der Waals surface area contributed by atoms with Crippen LogP contribution in [0.5, 0.6) is 0 Å². The van der Waals surface area contributed by atoms with Gasteiger partial charge in [-0.05, 0) is 34.5 Å². The maximum absolute atomic E-state index is 12.4. The predicted octanol–water partition coefficient (Wildman–Crippen LogP) is 3.92. The van der Waals surface area contributed by atoms with E-state index in [-0.39, 0.29) is 6.54 Å². The van der Waals surface area contributed by atoms with E-state index in [0.717, 1.165) is 10.0 Å². The van der Waals surface area contributed by atoms with Gasteiger partial charge in [-0.15, -0.1) is 0 Å². The van der Waals surface area contributed by atoms with Crippen molar-refractivity contribution in [3.8, 4) is 0 Å². The number of pyridine rings is 1. The molecule has 0 radical (unpaired) electrons. The SMILES string of the molecule is Cc1cc(N(CCBr)CC(F)(F)F)ncc1Br. The van der Waals surface area contributed by atoms with Crippen LogP contribution >= 0.6 is 31.9 Å². The Labute approximate surface area is 114 Å². The molecule has 2 nitrogen and oxygen atoms in total. The predicted molar refractivity (Wildman–Crippen MR) is 68.7 cm³/mol. The van der Waals surface area contributed by atoms with Crippen molar-refractivity contribution in [2.45, 2.75) is 13.1 Å². The maximum atomic E-state index is 12.4. The zero-order valence-electron chi connectivity index (χ0n) is 9.06. The summed E-state index contributed by atoms with van der Waals surface area (Å²) in [5.74, 6) is 0.336. The molecule has 1 rings (SSSR count). The van der Waals surface area contributed by atoms with E-state index in [0.29, 0.717) is 11.1 Å². The monoisotopic (exact) mass is 374 g/mol. The molecule has 0 aliphatic carbocycles. The molecule has 1 aromatic rings. The number of alkyl halides is 4. The number of aromatic nitrogens is 1. The van der Waals surface area contributed by atoms with Gasteiger partial charge >= 0.3 is 6.18 Å². The highest BCUT2D eigenvalue weighted by Crippen LogP contribution is 2.24. The van der Waals surface area contributed by atoms with Crippen LogP contribution in [0.3, 0.4) is 0 Å². The molecule has 1 aromatic heterocycles. The summed E-state index contributed by atoms with van der Waals surface area (Å²) in [6.45, 7) is 1.08. The fourth-order valence-corrected chi connectivity index (χ4v) is 1.94. The lowest BCUT2D eigenvalue weighted by Crippen LogP contribution is -2.36. The van der Waals surface area contributed by atoms with Crippen molar-refractivity contribution in [2.24, 2.45) is 0 Å². The molecule has 0 amide bonds. The Morgan fingerprint density at radius 1 is 1.41 bits per heavy atom. The number of halogens is 5. The van der Waals surface area contributed by atoms with E-state index in [1.165, 1.54) is 11.1 Å². The minimum absolute atomic E-state index is 0.258. The van der Waals surface area contributed by atoms with Crippen LogP contribution in [0, 0.1) is 6.92 Å². The van der Waals surface area contributed by atoms with Crippen LogP contribution in [0.2, 0.25) is 0 Å². The second-order valence-corrected chi connectivity index (χ2v) is 5.16. The van der Waals surface area contributed by atoms with Crippen molar-refractivity contribution in [3.05, 3.63) is 22.3 Å². The van der Waals surface area contributed by atoms with Crippen LogP contribution in [0.1, 0.15) is 5.56 Å². The molecule has 0 aromatic carbocycles. The molecule has 7 heteroatoms. The average Bonchev–Trinajstić information content (AvgIpc) is 2.19. The number of anilines is 1. The van der Waals surface area contributed by atoms with Crippen molar-refractivity contribution in [1.29, 1.82) is 0 Å². The summed E-state index contributed by atoms with van der Waals surface area (Å²) in [4.78, 5) is 5.20. The second-order valence-electron chi connectivity index (χ2n) is 3.52. The van der Waals surface area contributed by atoms with Gasteiger partial charge in [-0.1, -0.05) is 15.9 Å². The highest BCUT2D eigenvalue weighted by molar-refractivity contribution is 9.10. The number of aryl methyl sites for hydroxylation is 1. The molecule has 0 spiro atoms. The van der Waals surface area contributed by atoms with Crippen molar-refractivity contribution in [1.82, 2.24) is 4.98 Å². The normalized spacial score (nSPS) is 11.6. The van der Waals surface area contributed by atoms with E-state index in [9.17, 15) is 13.2 Å². The summed E-state index contributed by atoms with van der Waals surface area (Å²) in [5.41, 5.74) is 0.858. The van der Waals surface area contributed by atoms with Crippen LogP contribution in [0.25, 0.3) is 0 Å². The molecule has 0 fully saturated rings. The van der Waals surface area contributed by atoms with Gasteiger partial charge in [0.05, 0.1) is 0 Å². The first-order valence-corrected chi connectivity index (χ1v) is 6.75. The number of hydrogen-bond acceptors (Lipinski definition) is 2. The van der Waals surface area contributed by atoms with E-state index >= 15 is 0 Å². The number of rotatable bonds is 4. The molecule has 0 aliphatic heterocycles. The summed E-state index contributed by atoms with van der Waals surface area (Å²) >= 11 is 6.41. The summed E-state index contributed by atoms with van der Waals surface area (Å²) in [6, 6.07) is 1.64. The largest absolute Gasteiger partial charge is 0.405 e. The van der Waals surface area contributed by atoms with E-state index < -0.39 is 12.7 Å². The van der Waals surface area contributed by atoms with Gasteiger partial charge in [-0.25, -0.2) is 4.98 Å². The van der Waals surface area contributed by atoms with Crippen molar-refractivity contribution >= 4 is 37.7 Å². The smallest absolute Gasteiger partial charge is 0.347 e. The highest BCUT2D eigenvalue weighted by atomic mass is 79.9. The van der Waals surface area contributed by atoms with Gasteiger partial charge in [0.15, 0.2) is 0 Å². The van der Waals surface area contributed by atoms with Gasteiger partial charge in [0, 0.05) is 22.5 Å². The van der Waals surface area contributed by atoms with E-state index in [1.54, 1.807) is 6.07 Å². The van der Waals surface area contributed by atoms with Gasteiger partial charge in [-0.3, -0.25) is 0 Å². The molecular weight excluding hydrogens is 365 g/mol. The highest BCUT2D eigenvalue weighted by Gasteiger charge is 2.31. The number of hydrogen-bond donors (Lipinski definition) is 0. The lowest BCUT2D eigenvalue weighted by molar-refractivity contribution is -0.119. The fraction of sp³-hybridized carbons (Fsp3) is 0.500. The van der Waals surface area contributed by atoms with E-state index in [4.69, 9.17) is 0 Å². The minimum Gasteiger partial charge on any atom is -0.347 e. The Morgan fingerprint density at radius 2 is 2.06 bits per heavy atom. The first-order valence-electron chi connectivity index (χ1n) is 4.83. The van der Waals surface area contributed by atoms with Crippen LogP contribution < -0.4 is 4.90 Å². The van der Waals surface area contributed by atoms with Crippen LogP contribution in [0.15, 0.2) is 16.7 Å². The minimum atomic E-state index is -4.23. The maximum Gasteiger partial charge on any atom is 0.405 e. The Morgan fingerprint density at radius 3 is 2.53 bits per heavy atom. The zero-order chi connectivity index (χ0) is 13.1. The summed E-state index contributed by atoms with van der Waals surface area (Å²) in [5, 5.41) is 0.458. The summed E-state index contributed by atoms with van der Waals surface area (Å²) in [6.07, 6.45) is -2.72. The first-order chi connectivity index (χ1) is 7.83. The lowest BCUT2D eigenvalue weighted by Gasteiger charge is -2.24. The first kappa shape index (κ1) is 14.8. The molecule has 0 saturated carbocycles. The Balaban J connectivity index is 2.93. The molecule has 17 heavy (non-hydrogen) atoms. The van der Waals surface area contributed by atoms with Crippen LogP contribution in [0.4, 0.5) is 19.0 Å². The van der Waals surface area contributed by atoms with Crippen molar-refractivity contribution < 1.29 is 13.2 Å². The zero-order valence-corrected chi connectivity index (χ0v) is 12.2. The summed E-state index contributed by atoms with van der Waals surface area (Å²) < 4.78 is 38.0. The van der Waals surface area contributed by atoms with Gasteiger partial charge < -0.3 is 4.90 Å². The van der Waals surface area contributed by atoms with Crippen LogP contribution in [-0.2, 0) is 0 Å². The van der Waals surface area contributed by atoms with Gasteiger partial charge in [0.25, 0.3) is 0 Å². The van der Waals surface area contributed by atoms with Crippen molar-refractivity contribution in [2.75, 3.05) is 23.3 Å². The second kappa shape index (κ2) is 6.04. The fourth-order valence-electron chi connectivity index (χ4n) is 1.29. The average molecular weight is 376 g/mol. The lowest BCUT2D eigenvalue weighted by atomic mass is 10.3. The quantitative estimate of drug-likeness (QED) is 0.741. The molecule has 0 unspecified atom stereocenters. The van der Waals surface area contributed by atoms with Gasteiger partial charge in [-0.2, -0.15) is 13.2 Å². The standard InChI is InChI=1S/C10H11Br2F3N2/c1-7-4-9(16-5-8(7)12)17(3-2-11)6-10(13,14)15/h4-5H,2-3,6H2,1H3. The molecule has 0 N–H and O–H groups in total. The molecule has 0 atom stereocenters. The molecule has 0 saturated heterocycles. The Hall–Kier alpha value is -0.300.